The van der Waals surface area contributed by atoms with Gasteiger partial charge < -0.3 is 5.32 Å². The predicted octanol–water partition coefficient (Wildman–Crippen LogP) is 11.4. The lowest BCUT2D eigenvalue weighted by Crippen LogP contribution is -1.91. The van der Waals surface area contributed by atoms with E-state index in [1.54, 1.807) is 0 Å². The zero-order valence-corrected chi connectivity index (χ0v) is 22.6. The second-order valence-electron chi connectivity index (χ2n) is 10.3. The van der Waals surface area contributed by atoms with Crippen LogP contribution < -0.4 is 5.32 Å². The Morgan fingerprint density at radius 2 is 0.950 bits per heavy atom. The number of hydrogen-bond donors (Lipinski definition) is 1. The average Bonchev–Trinajstić information content (AvgIpc) is 3.39. The lowest BCUT2D eigenvalue weighted by Gasteiger charge is -2.14. The fourth-order valence-electron chi connectivity index (χ4n) is 5.78. The summed E-state index contributed by atoms with van der Waals surface area (Å²) < 4.78 is 2.65. The predicted molar refractivity (Wildman–Crippen MR) is 175 cm³/mol. The normalized spacial score (nSPS) is 11.5. The molecule has 0 saturated carbocycles. The molecule has 8 aromatic rings. The zero-order chi connectivity index (χ0) is 26.5. The first-order valence-electron chi connectivity index (χ1n) is 13.6. The molecule has 0 unspecified atom stereocenters. The highest BCUT2D eigenvalue weighted by Crippen LogP contribution is 2.38. The van der Waals surface area contributed by atoms with Crippen LogP contribution in [0.5, 0.6) is 0 Å². The molecule has 8 rings (SSSR count). The monoisotopic (exact) mass is 527 g/mol. The van der Waals surface area contributed by atoms with Crippen LogP contribution in [0.1, 0.15) is 0 Å². The molecule has 0 saturated heterocycles. The second-order valence-corrected chi connectivity index (χ2v) is 11.4. The molecule has 0 spiro atoms. The fourth-order valence-corrected chi connectivity index (χ4v) is 6.86. The summed E-state index contributed by atoms with van der Waals surface area (Å²) in [7, 11) is 0. The van der Waals surface area contributed by atoms with Gasteiger partial charge in [-0.1, -0.05) is 91.0 Å². The Morgan fingerprint density at radius 3 is 1.73 bits per heavy atom. The van der Waals surface area contributed by atoms with Crippen molar-refractivity contribution in [2.75, 3.05) is 5.32 Å². The maximum atomic E-state index is 3.63. The van der Waals surface area contributed by atoms with E-state index >= 15 is 0 Å². The highest BCUT2D eigenvalue weighted by Gasteiger charge is 2.11. The molecule has 0 amide bonds. The van der Waals surface area contributed by atoms with E-state index in [2.05, 4.69) is 151 Å². The maximum absolute atomic E-state index is 3.63. The fraction of sp³-hybridized carbons (Fsp3) is 0. The lowest BCUT2D eigenvalue weighted by atomic mass is 9.90. The summed E-state index contributed by atoms with van der Waals surface area (Å²) in [6, 6.07) is 52.8. The number of benzene rings is 7. The first-order valence-corrected chi connectivity index (χ1v) is 14.4. The molecule has 1 N–H and O–H groups in total. The van der Waals surface area contributed by atoms with Crippen LogP contribution in [-0.4, -0.2) is 0 Å². The van der Waals surface area contributed by atoms with E-state index in [4.69, 9.17) is 0 Å². The van der Waals surface area contributed by atoms with Crippen molar-refractivity contribution in [1.29, 1.82) is 0 Å². The van der Waals surface area contributed by atoms with Crippen molar-refractivity contribution in [3.05, 3.63) is 146 Å². The van der Waals surface area contributed by atoms with Gasteiger partial charge in [0.05, 0.1) is 0 Å². The lowest BCUT2D eigenvalue weighted by molar-refractivity contribution is 1.56. The topological polar surface area (TPSA) is 12.0 Å². The minimum atomic E-state index is 1.08. The standard InChI is InChI=1S/C38H25NS/c1-2-8-27-21-30(14-13-25(27)7-1)35-23-29-10-4-3-9-28(29)22-34(35)26-15-17-31(18-16-26)39-32-19-20-38-36(24-32)33-11-5-6-12-37(33)40-38/h1-24,39H. The number of fused-ring (bicyclic) bond motifs is 5. The Labute approximate surface area is 237 Å². The van der Waals surface area contributed by atoms with Gasteiger partial charge in [-0.3, -0.25) is 0 Å². The first-order chi connectivity index (χ1) is 19.8. The zero-order valence-electron chi connectivity index (χ0n) is 21.8. The Bertz CT molecular complexity index is 2190. The Balaban J connectivity index is 1.18. The molecule has 40 heavy (non-hydrogen) atoms. The van der Waals surface area contributed by atoms with Gasteiger partial charge in [0.1, 0.15) is 0 Å². The maximum Gasteiger partial charge on any atom is 0.0391 e. The number of hydrogen-bond acceptors (Lipinski definition) is 2. The van der Waals surface area contributed by atoms with Gasteiger partial charge in [-0.25, -0.2) is 0 Å². The summed E-state index contributed by atoms with van der Waals surface area (Å²) in [5.41, 5.74) is 7.12. The van der Waals surface area contributed by atoms with Gasteiger partial charge in [-0.2, -0.15) is 0 Å². The summed E-state index contributed by atoms with van der Waals surface area (Å²) in [5, 5.41) is 11.3. The van der Waals surface area contributed by atoms with Gasteiger partial charge in [0.2, 0.25) is 0 Å². The average molecular weight is 528 g/mol. The van der Waals surface area contributed by atoms with Crippen LogP contribution in [0.2, 0.25) is 0 Å². The van der Waals surface area contributed by atoms with Crippen LogP contribution in [0.3, 0.4) is 0 Å². The van der Waals surface area contributed by atoms with Crippen LogP contribution in [0.25, 0.3) is 64.0 Å². The molecule has 0 aliphatic rings. The van der Waals surface area contributed by atoms with Crippen molar-refractivity contribution in [3.8, 4) is 22.3 Å². The van der Waals surface area contributed by atoms with Crippen molar-refractivity contribution in [2.45, 2.75) is 0 Å². The molecule has 1 aromatic heterocycles. The van der Waals surface area contributed by atoms with Gasteiger partial charge in [-0.15, -0.1) is 11.3 Å². The van der Waals surface area contributed by atoms with E-state index < -0.39 is 0 Å². The Hall–Kier alpha value is -4.92. The third kappa shape index (κ3) is 4.02. The molecular formula is C38H25NS. The molecule has 1 heterocycles. The van der Waals surface area contributed by atoms with Crippen molar-refractivity contribution in [3.63, 3.8) is 0 Å². The van der Waals surface area contributed by atoms with Crippen LogP contribution in [0, 0.1) is 0 Å². The van der Waals surface area contributed by atoms with Gasteiger partial charge in [-0.05, 0) is 98.4 Å². The first kappa shape index (κ1) is 23.0. The minimum Gasteiger partial charge on any atom is -0.356 e. The summed E-state index contributed by atoms with van der Waals surface area (Å²) in [5.74, 6) is 0. The molecule has 0 aliphatic heterocycles. The number of nitrogens with one attached hydrogen (secondary N) is 1. The molecule has 188 valence electrons. The van der Waals surface area contributed by atoms with Gasteiger partial charge >= 0.3 is 0 Å². The van der Waals surface area contributed by atoms with Crippen LogP contribution >= 0.6 is 11.3 Å². The Morgan fingerprint density at radius 1 is 0.375 bits per heavy atom. The number of anilines is 2. The SMILES string of the molecule is c1ccc2cc(-c3cc4ccccc4cc3-c3ccc(Nc4ccc5sc6ccccc6c5c4)cc3)ccc2c1. The summed E-state index contributed by atoms with van der Waals surface area (Å²) >= 11 is 1.85. The van der Waals surface area contributed by atoms with Crippen molar-refractivity contribution in [1.82, 2.24) is 0 Å². The second kappa shape index (κ2) is 9.37. The largest absolute Gasteiger partial charge is 0.356 e. The van der Waals surface area contributed by atoms with Crippen molar-refractivity contribution < 1.29 is 0 Å². The number of rotatable bonds is 4. The van der Waals surface area contributed by atoms with E-state index in [1.807, 2.05) is 11.3 Å². The quantitative estimate of drug-likeness (QED) is 0.240. The molecule has 7 aromatic carbocycles. The highest BCUT2D eigenvalue weighted by molar-refractivity contribution is 7.25. The van der Waals surface area contributed by atoms with Crippen LogP contribution in [-0.2, 0) is 0 Å². The third-order valence-corrected chi connectivity index (χ3v) is 8.96. The van der Waals surface area contributed by atoms with Crippen molar-refractivity contribution >= 4 is 64.4 Å². The van der Waals surface area contributed by atoms with Crippen molar-refractivity contribution in [2.24, 2.45) is 0 Å². The molecule has 0 aliphatic carbocycles. The van der Waals surface area contributed by atoms with E-state index in [1.165, 1.54) is 64.0 Å². The summed E-state index contributed by atoms with van der Waals surface area (Å²) in [6.45, 7) is 0. The van der Waals surface area contributed by atoms with E-state index in [9.17, 15) is 0 Å². The summed E-state index contributed by atoms with van der Waals surface area (Å²) in [6.07, 6.45) is 0. The molecular weight excluding hydrogens is 502 g/mol. The molecule has 2 heteroatoms. The van der Waals surface area contributed by atoms with E-state index in [0.717, 1.165) is 11.4 Å². The van der Waals surface area contributed by atoms with Gasteiger partial charge in [0.25, 0.3) is 0 Å². The third-order valence-electron chi connectivity index (χ3n) is 7.81. The van der Waals surface area contributed by atoms with E-state index in [-0.39, 0.29) is 0 Å². The van der Waals surface area contributed by atoms with Gasteiger partial charge in [0.15, 0.2) is 0 Å². The van der Waals surface area contributed by atoms with Crippen LogP contribution in [0.15, 0.2) is 146 Å². The highest BCUT2D eigenvalue weighted by atomic mass is 32.1. The molecule has 1 nitrogen and oxygen atoms in total. The molecule has 0 fully saturated rings. The number of thiophene rings is 1. The van der Waals surface area contributed by atoms with E-state index in [0.29, 0.717) is 0 Å². The molecule has 0 bridgehead atoms. The molecule has 0 atom stereocenters. The smallest absolute Gasteiger partial charge is 0.0391 e. The Kier molecular flexibility index (Phi) is 5.39. The summed E-state index contributed by atoms with van der Waals surface area (Å²) in [4.78, 5) is 0. The minimum absolute atomic E-state index is 1.08. The van der Waals surface area contributed by atoms with Crippen LogP contribution in [0.4, 0.5) is 11.4 Å². The molecule has 0 radical (unpaired) electrons. The van der Waals surface area contributed by atoms with Gasteiger partial charge in [0, 0.05) is 31.5 Å².